The van der Waals surface area contributed by atoms with Crippen molar-refractivity contribution in [2.45, 2.75) is 85.3 Å². The van der Waals surface area contributed by atoms with Crippen molar-refractivity contribution < 1.29 is 23.5 Å². The lowest BCUT2D eigenvalue weighted by Crippen LogP contribution is -2.65. The molecule has 1 heterocycles. The summed E-state index contributed by atoms with van der Waals surface area (Å²) in [6, 6.07) is 30.1. The van der Waals surface area contributed by atoms with Gasteiger partial charge in [0.2, 0.25) is 14.9 Å². The van der Waals surface area contributed by atoms with Crippen molar-refractivity contribution in [1.82, 2.24) is 9.80 Å². The Hall–Kier alpha value is -3.46. The minimum absolute atomic E-state index is 0.101. The molecular formula is C37H50N2O5Si. The van der Waals surface area contributed by atoms with Crippen LogP contribution in [0.2, 0.25) is 0 Å². The Morgan fingerprint density at radius 2 is 1.38 bits per heavy atom. The smallest absolute Gasteiger partial charge is 0.411 e. The van der Waals surface area contributed by atoms with Gasteiger partial charge >= 0.3 is 6.09 Å². The molecule has 45 heavy (non-hydrogen) atoms. The number of carbonyl (C=O) groups is 2. The van der Waals surface area contributed by atoms with Gasteiger partial charge in [-0.15, -0.1) is 0 Å². The van der Waals surface area contributed by atoms with E-state index in [1.165, 1.54) is 10.4 Å². The molecule has 0 saturated carbocycles. The molecule has 8 heteroatoms. The fourth-order valence-corrected chi connectivity index (χ4v) is 8.58. The largest absolute Gasteiger partial charge is 0.444 e. The Kier molecular flexibility index (Phi) is 11.6. The number of carbonyl (C=O) groups excluding carboxylic acids is 2. The van der Waals surface area contributed by atoms with Gasteiger partial charge in [-0.1, -0.05) is 112 Å². The van der Waals surface area contributed by atoms with Crippen LogP contribution in [-0.2, 0) is 25.3 Å². The van der Waals surface area contributed by atoms with E-state index in [0.717, 1.165) is 5.56 Å². The molecule has 1 aliphatic heterocycles. The first kappa shape index (κ1) is 34.4. The fourth-order valence-electron chi connectivity index (χ4n) is 5.85. The van der Waals surface area contributed by atoms with E-state index in [1.54, 1.807) is 11.8 Å². The molecule has 0 radical (unpaired) electrons. The predicted molar refractivity (Wildman–Crippen MR) is 182 cm³/mol. The molecule has 3 aromatic rings. The molecule has 3 aromatic carbocycles. The third-order valence-corrected chi connectivity index (χ3v) is 10.6. The van der Waals surface area contributed by atoms with E-state index in [9.17, 15) is 9.59 Å². The molecule has 1 aliphatic rings. The average molecular weight is 631 g/mol. The zero-order valence-electron chi connectivity index (χ0n) is 27.9. The fraction of sp³-hybridized carbons (Fsp3) is 0.459. The number of nitrogens with zero attached hydrogens (tertiary/aromatic N) is 2. The maximum atomic E-state index is 14.2. The van der Waals surface area contributed by atoms with Gasteiger partial charge in [0.15, 0.2) is 0 Å². The van der Waals surface area contributed by atoms with E-state index in [1.807, 2.05) is 56.0 Å². The first-order chi connectivity index (χ1) is 21.3. The molecule has 2 amide bonds. The van der Waals surface area contributed by atoms with Gasteiger partial charge in [-0.05, 0) is 55.5 Å². The van der Waals surface area contributed by atoms with E-state index in [-0.39, 0.29) is 23.5 Å². The minimum Gasteiger partial charge on any atom is -0.444 e. The second kappa shape index (κ2) is 15.2. The predicted octanol–water partition coefficient (Wildman–Crippen LogP) is 5.40. The Bertz CT molecular complexity index is 1320. The molecule has 1 unspecified atom stereocenters. The van der Waals surface area contributed by atoms with Gasteiger partial charge in [-0.2, -0.15) is 0 Å². The summed E-state index contributed by atoms with van der Waals surface area (Å²) in [5.41, 5.74) is 0.161. The lowest BCUT2D eigenvalue weighted by Gasteiger charge is -2.48. The lowest BCUT2D eigenvalue weighted by atomic mass is 9.82. The number of piperazine rings is 1. The van der Waals surface area contributed by atoms with E-state index in [0.29, 0.717) is 32.7 Å². The van der Waals surface area contributed by atoms with Crippen LogP contribution in [0.15, 0.2) is 91.0 Å². The molecule has 242 valence electrons. The molecule has 1 saturated heterocycles. The molecule has 0 bridgehead atoms. The van der Waals surface area contributed by atoms with E-state index in [2.05, 4.69) is 81.4 Å². The third kappa shape index (κ3) is 9.52. The molecule has 3 atom stereocenters. The van der Waals surface area contributed by atoms with E-state index >= 15 is 0 Å². The van der Waals surface area contributed by atoms with Gasteiger partial charge in [-0.25, -0.2) is 4.79 Å². The molecule has 0 N–H and O–H groups in total. The second-order valence-corrected chi connectivity index (χ2v) is 16.3. The first-order valence-corrected chi connectivity index (χ1v) is 17.6. The summed E-state index contributed by atoms with van der Waals surface area (Å²) in [6.07, 6.45) is -0.154. The van der Waals surface area contributed by atoms with Crippen LogP contribution in [0, 0.1) is 5.41 Å². The molecule has 1 fully saturated rings. The van der Waals surface area contributed by atoms with Crippen LogP contribution in [-0.4, -0.2) is 74.3 Å². The summed E-state index contributed by atoms with van der Waals surface area (Å²) in [6.45, 7) is 15.6. The average Bonchev–Trinajstić information content (AvgIpc) is 3.00. The lowest BCUT2D eigenvalue weighted by molar-refractivity contribution is -0.148. The molecular weight excluding hydrogens is 581 g/mol. The van der Waals surface area contributed by atoms with Crippen LogP contribution in [0.3, 0.4) is 0 Å². The van der Waals surface area contributed by atoms with Gasteiger partial charge in [0, 0.05) is 19.7 Å². The first-order valence-electron chi connectivity index (χ1n) is 16.0. The highest BCUT2D eigenvalue weighted by Crippen LogP contribution is 2.32. The minimum atomic E-state index is -2.16. The van der Waals surface area contributed by atoms with E-state index < -0.39 is 26.8 Å². The number of hydrogen-bond donors (Lipinski definition) is 0. The standard InChI is InChI=1S/C37H50N2O5Si/c1-28-34(40)39(25-24-38(28)35(41)43-37(5,6)7)32(23-26-42-27-29-17-11-8-12-18-29)33(36(2,3)4)44-45(30-19-13-9-14-20-30)31-21-15-10-16-22-31/h8-22,28,32-33,45H,23-27H2,1-7H3/t28-,32-,33?/m0/s1. The summed E-state index contributed by atoms with van der Waals surface area (Å²) in [4.78, 5) is 30.7. The number of ether oxygens (including phenoxy) is 2. The summed E-state index contributed by atoms with van der Waals surface area (Å²) in [5, 5.41) is 2.37. The molecule has 0 aromatic heterocycles. The number of amides is 2. The topological polar surface area (TPSA) is 68.3 Å². The highest BCUT2D eigenvalue weighted by molar-refractivity contribution is 6.80. The van der Waals surface area contributed by atoms with Gasteiger partial charge in [0.1, 0.15) is 11.6 Å². The van der Waals surface area contributed by atoms with Crippen LogP contribution in [0.25, 0.3) is 0 Å². The Morgan fingerprint density at radius 1 is 0.844 bits per heavy atom. The molecule has 7 nitrogen and oxygen atoms in total. The Morgan fingerprint density at radius 3 is 1.89 bits per heavy atom. The van der Waals surface area contributed by atoms with Crippen molar-refractivity contribution in [3.63, 3.8) is 0 Å². The van der Waals surface area contributed by atoms with Crippen molar-refractivity contribution in [1.29, 1.82) is 0 Å². The highest BCUT2D eigenvalue weighted by Gasteiger charge is 2.45. The number of benzene rings is 3. The van der Waals surface area contributed by atoms with E-state index in [4.69, 9.17) is 13.9 Å². The van der Waals surface area contributed by atoms with Gasteiger partial charge in [-0.3, -0.25) is 9.69 Å². The van der Waals surface area contributed by atoms with Gasteiger partial charge in [0.25, 0.3) is 0 Å². The molecule has 0 aliphatic carbocycles. The summed E-state index contributed by atoms with van der Waals surface area (Å²) in [7, 11) is -2.16. The summed E-state index contributed by atoms with van der Waals surface area (Å²) in [5.74, 6) is -0.101. The number of hydrogen-bond acceptors (Lipinski definition) is 5. The zero-order chi connectivity index (χ0) is 32.6. The molecule has 0 spiro atoms. The maximum absolute atomic E-state index is 14.2. The Balaban J connectivity index is 1.65. The highest BCUT2D eigenvalue weighted by atomic mass is 28.3. The van der Waals surface area contributed by atoms with Crippen LogP contribution in [0.1, 0.15) is 60.5 Å². The van der Waals surface area contributed by atoms with Crippen molar-refractivity contribution in [3.8, 4) is 0 Å². The van der Waals surface area contributed by atoms with Crippen LogP contribution >= 0.6 is 0 Å². The van der Waals surface area contributed by atoms with Gasteiger partial charge in [0.05, 0.1) is 18.8 Å². The van der Waals surface area contributed by atoms with Crippen LogP contribution in [0.4, 0.5) is 4.79 Å². The van der Waals surface area contributed by atoms with Gasteiger partial charge < -0.3 is 18.8 Å². The second-order valence-electron chi connectivity index (χ2n) is 13.9. The summed E-state index contributed by atoms with van der Waals surface area (Å²) >= 11 is 0. The van der Waals surface area contributed by atoms with Crippen molar-refractivity contribution in [2.24, 2.45) is 5.41 Å². The van der Waals surface area contributed by atoms with Crippen molar-refractivity contribution >= 4 is 31.4 Å². The molecule has 4 rings (SSSR count). The zero-order valence-corrected chi connectivity index (χ0v) is 29.1. The Labute approximate surface area is 271 Å². The SMILES string of the molecule is C[C@H]1C(=O)N([C@@H](CCOCc2ccccc2)C(O[SiH](c2ccccc2)c2ccccc2)C(C)(C)C)CCN1C(=O)OC(C)(C)C. The monoisotopic (exact) mass is 630 g/mol. The summed E-state index contributed by atoms with van der Waals surface area (Å²) < 4.78 is 19.2. The van der Waals surface area contributed by atoms with Crippen molar-refractivity contribution in [3.05, 3.63) is 96.6 Å². The normalized spacial score (nSPS) is 17.3. The quantitative estimate of drug-likeness (QED) is 0.210. The number of rotatable bonds is 11. The third-order valence-electron chi connectivity index (χ3n) is 8.08. The van der Waals surface area contributed by atoms with Crippen LogP contribution < -0.4 is 10.4 Å². The van der Waals surface area contributed by atoms with Crippen LogP contribution in [0.5, 0.6) is 0 Å². The van der Waals surface area contributed by atoms with Crippen molar-refractivity contribution in [2.75, 3.05) is 19.7 Å². The maximum Gasteiger partial charge on any atom is 0.411 e.